The predicted octanol–water partition coefficient (Wildman–Crippen LogP) is 4.47. The third-order valence-corrected chi connectivity index (χ3v) is 5.28. The van der Waals surface area contributed by atoms with Gasteiger partial charge in [-0.2, -0.15) is 0 Å². The van der Waals surface area contributed by atoms with E-state index in [4.69, 9.17) is 17.3 Å². The van der Waals surface area contributed by atoms with Crippen LogP contribution in [0.2, 0.25) is 5.02 Å². The maximum Gasteiger partial charge on any atom is 0.123 e. The Bertz CT molecular complexity index is 585. The molecular weight excluding hydrogens is 281 g/mol. The van der Waals surface area contributed by atoms with E-state index in [1.807, 2.05) is 0 Å². The van der Waals surface area contributed by atoms with Crippen LogP contribution >= 0.6 is 22.9 Å². The van der Waals surface area contributed by atoms with Gasteiger partial charge >= 0.3 is 0 Å². The molecule has 1 aliphatic carbocycles. The standard InChI is InChI=1S/C15H15ClFNS/c16-12-6-5-10(17)8-11(12)15(18)14-7-9-3-1-2-4-13(9)19-14/h5-8,15H,1-4,18H2. The van der Waals surface area contributed by atoms with Crippen LogP contribution in [0.25, 0.3) is 0 Å². The number of fused-ring (bicyclic) bond motifs is 1. The summed E-state index contributed by atoms with van der Waals surface area (Å²) in [4.78, 5) is 2.52. The second kappa shape index (κ2) is 5.23. The van der Waals surface area contributed by atoms with Crippen molar-refractivity contribution in [2.45, 2.75) is 31.7 Å². The maximum atomic E-state index is 13.3. The molecule has 1 aromatic carbocycles. The Balaban J connectivity index is 1.97. The van der Waals surface area contributed by atoms with Gasteiger partial charge in [-0.15, -0.1) is 11.3 Å². The van der Waals surface area contributed by atoms with E-state index in [1.54, 1.807) is 17.4 Å². The summed E-state index contributed by atoms with van der Waals surface area (Å²) in [6.45, 7) is 0. The van der Waals surface area contributed by atoms with Crippen molar-refractivity contribution in [1.82, 2.24) is 0 Å². The third-order valence-electron chi connectivity index (χ3n) is 3.62. The predicted molar refractivity (Wildman–Crippen MR) is 78.4 cm³/mol. The molecule has 0 bridgehead atoms. The number of hydrogen-bond acceptors (Lipinski definition) is 2. The fourth-order valence-electron chi connectivity index (χ4n) is 2.57. The smallest absolute Gasteiger partial charge is 0.123 e. The van der Waals surface area contributed by atoms with Crippen LogP contribution < -0.4 is 5.73 Å². The number of aryl methyl sites for hydroxylation is 2. The maximum absolute atomic E-state index is 13.3. The van der Waals surface area contributed by atoms with E-state index < -0.39 is 0 Å². The number of halogens is 2. The minimum atomic E-state index is -0.334. The highest BCUT2D eigenvalue weighted by Crippen LogP contribution is 2.36. The topological polar surface area (TPSA) is 26.0 Å². The SMILES string of the molecule is NC(c1cc2c(s1)CCCC2)c1cc(F)ccc1Cl. The lowest BCUT2D eigenvalue weighted by Crippen LogP contribution is -2.11. The highest BCUT2D eigenvalue weighted by molar-refractivity contribution is 7.12. The summed E-state index contributed by atoms with van der Waals surface area (Å²) in [7, 11) is 0. The molecule has 0 radical (unpaired) electrons. The van der Waals surface area contributed by atoms with Crippen molar-refractivity contribution in [2.75, 3.05) is 0 Å². The highest BCUT2D eigenvalue weighted by atomic mass is 35.5. The number of rotatable bonds is 2. The molecule has 3 rings (SSSR count). The number of benzene rings is 1. The van der Waals surface area contributed by atoms with Crippen molar-refractivity contribution in [2.24, 2.45) is 5.73 Å². The average Bonchev–Trinajstić information content (AvgIpc) is 2.84. The second-order valence-electron chi connectivity index (χ2n) is 4.95. The zero-order valence-corrected chi connectivity index (χ0v) is 12.0. The molecule has 2 N–H and O–H groups in total. The molecule has 0 fully saturated rings. The lowest BCUT2D eigenvalue weighted by Gasteiger charge is -2.12. The van der Waals surface area contributed by atoms with Crippen LogP contribution in [0.4, 0.5) is 4.39 Å². The zero-order chi connectivity index (χ0) is 13.4. The Morgan fingerprint density at radius 2 is 2.00 bits per heavy atom. The van der Waals surface area contributed by atoms with Crippen molar-refractivity contribution in [3.05, 3.63) is 56.0 Å². The number of thiophene rings is 1. The Labute approximate surface area is 121 Å². The fraction of sp³-hybridized carbons (Fsp3) is 0.333. The summed E-state index contributed by atoms with van der Waals surface area (Å²) < 4.78 is 13.3. The Kier molecular flexibility index (Phi) is 3.61. The zero-order valence-electron chi connectivity index (χ0n) is 10.5. The van der Waals surface area contributed by atoms with E-state index in [0.717, 1.165) is 17.7 Å². The molecule has 1 nitrogen and oxygen atoms in total. The number of nitrogens with two attached hydrogens (primary N) is 1. The van der Waals surface area contributed by atoms with E-state index in [-0.39, 0.29) is 11.9 Å². The van der Waals surface area contributed by atoms with Crippen LogP contribution in [0.5, 0.6) is 0 Å². The van der Waals surface area contributed by atoms with E-state index in [0.29, 0.717) is 10.6 Å². The Morgan fingerprint density at radius 1 is 1.21 bits per heavy atom. The second-order valence-corrected chi connectivity index (χ2v) is 6.52. The molecule has 4 heteroatoms. The molecule has 2 aromatic rings. The quantitative estimate of drug-likeness (QED) is 0.869. The van der Waals surface area contributed by atoms with E-state index in [1.165, 1.54) is 35.4 Å². The van der Waals surface area contributed by atoms with Crippen molar-refractivity contribution in [3.8, 4) is 0 Å². The molecule has 1 atom stereocenters. The minimum absolute atomic E-state index is 0.295. The molecule has 1 aromatic heterocycles. The van der Waals surface area contributed by atoms with Crippen LogP contribution in [0.15, 0.2) is 24.3 Å². The van der Waals surface area contributed by atoms with Gasteiger partial charge in [-0.3, -0.25) is 0 Å². The largest absolute Gasteiger partial charge is 0.320 e. The summed E-state index contributed by atoms with van der Waals surface area (Å²) >= 11 is 7.87. The van der Waals surface area contributed by atoms with Crippen molar-refractivity contribution >= 4 is 22.9 Å². The van der Waals surface area contributed by atoms with Gasteiger partial charge in [0.1, 0.15) is 5.82 Å². The van der Waals surface area contributed by atoms with Crippen LogP contribution in [0.3, 0.4) is 0 Å². The first-order valence-corrected chi connectivity index (χ1v) is 7.66. The van der Waals surface area contributed by atoms with Gasteiger partial charge in [0.05, 0.1) is 6.04 Å². The molecule has 0 amide bonds. The minimum Gasteiger partial charge on any atom is -0.320 e. The van der Waals surface area contributed by atoms with E-state index in [2.05, 4.69) is 6.07 Å². The van der Waals surface area contributed by atoms with Crippen LogP contribution in [-0.2, 0) is 12.8 Å². The molecule has 1 aliphatic rings. The van der Waals surface area contributed by atoms with E-state index in [9.17, 15) is 4.39 Å². The average molecular weight is 296 g/mol. The lowest BCUT2D eigenvalue weighted by atomic mass is 9.98. The highest BCUT2D eigenvalue weighted by Gasteiger charge is 2.19. The van der Waals surface area contributed by atoms with Gasteiger partial charge in [0, 0.05) is 14.8 Å². The summed E-state index contributed by atoms with van der Waals surface area (Å²) in [6, 6.07) is 6.20. The van der Waals surface area contributed by atoms with E-state index >= 15 is 0 Å². The van der Waals surface area contributed by atoms with Gasteiger partial charge in [-0.05, 0) is 61.1 Å². The summed E-state index contributed by atoms with van der Waals surface area (Å²) in [5.74, 6) is -0.295. The first kappa shape index (κ1) is 13.1. The third kappa shape index (κ3) is 2.55. The first-order valence-electron chi connectivity index (χ1n) is 6.47. The Morgan fingerprint density at radius 3 is 2.79 bits per heavy atom. The van der Waals surface area contributed by atoms with Gasteiger partial charge in [0.25, 0.3) is 0 Å². The lowest BCUT2D eigenvalue weighted by molar-refractivity contribution is 0.624. The molecule has 0 spiro atoms. The van der Waals surface area contributed by atoms with Crippen molar-refractivity contribution < 1.29 is 4.39 Å². The van der Waals surface area contributed by atoms with Gasteiger partial charge in [-0.1, -0.05) is 11.6 Å². The van der Waals surface area contributed by atoms with Crippen LogP contribution in [0, 0.1) is 5.82 Å². The van der Waals surface area contributed by atoms with Crippen LogP contribution in [0.1, 0.15) is 39.8 Å². The molecule has 19 heavy (non-hydrogen) atoms. The molecule has 1 unspecified atom stereocenters. The summed E-state index contributed by atoms with van der Waals surface area (Å²) in [5, 5.41) is 0.528. The van der Waals surface area contributed by atoms with Crippen LogP contribution in [-0.4, -0.2) is 0 Å². The fourth-order valence-corrected chi connectivity index (χ4v) is 4.09. The molecule has 0 saturated heterocycles. The first-order chi connectivity index (χ1) is 9.15. The van der Waals surface area contributed by atoms with Gasteiger partial charge in [0.15, 0.2) is 0 Å². The van der Waals surface area contributed by atoms with Gasteiger partial charge in [0.2, 0.25) is 0 Å². The number of hydrogen-bond donors (Lipinski definition) is 1. The van der Waals surface area contributed by atoms with Crippen molar-refractivity contribution in [1.29, 1.82) is 0 Å². The van der Waals surface area contributed by atoms with Gasteiger partial charge < -0.3 is 5.73 Å². The molecular formula is C15H15ClFNS. The Hall–Kier alpha value is -0.900. The normalized spacial score (nSPS) is 16.2. The molecule has 1 heterocycles. The monoisotopic (exact) mass is 295 g/mol. The molecule has 0 aliphatic heterocycles. The molecule has 0 saturated carbocycles. The summed E-state index contributed by atoms with van der Waals surface area (Å²) in [5.41, 5.74) is 8.34. The van der Waals surface area contributed by atoms with Gasteiger partial charge in [-0.25, -0.2) is 4.39 Å². The summed E-state index contributed by atoms with van der Waals surface area (Å²) in [6.07, 6.45) is 4.78. The van der Waals surface area contributed by atoms with Crippen molar-refractivity contribution in [3.63, 3.8) is 0 Å². The molecule has 100 valence electrons.